The van der Waals surface area contributed by atoms with Crippen LogP contribution in [0.5, 0.6) is 5.75 Å². The molecule has 0 radical (unpaired) electrons. The van der Waals surface area contributed by atoms with Crippen molar-refractivity contribution in [2.75, 3.05) is 18.4 Å². The molecule has 0 unspecified atom stereocenters. The largest absolute Gasteiger partial charge is 0.433 e. The minimum Gasteiger partial charge on any atom is -0.433 e. The maximum absolute atomic E-state index is 12.2. The van der Waals surface area contributed by atoms with Crippen molar-refractivity contribution in [3.63, 3.8) is 0 Å². The monoisotopic (exact) mass is 315 g/mol. The summed E-state index contributed by atoms with van der Waals surface area (Å²) >= 11 is 0. The molecule has 122 valence electrons. The van der Waals surface area contributed by atoms with E-state index in [4.69, 9.17) is 0 Å². The standard InChI is InChI=1S/C14H19F2N3O3/c1-9(2)7-18-14(21)19-12(20)8-17-10-5-3-4-6-11(10)22-13(15)16/h3-6,9,13,17H,7-8H2,1-2H3,(H2,18,19,20,21). The molecule has 8 heteroatoms. The zero-order valence-electron chi connectivity index (χ0n) is 12.4. The van der Waals surface area contributed by atoms with Crippen LogP contribution in [0.4, 0.5) is 19.3 Å². The third-order valence-electron chi connectivity index (χ3n) is 2.47. The SMILES string of the molecule is CC(C)CNC(=O)NC(=O)CNc1ccccc1OC(F)F. The van der Waals surface area contributed by atoms with E-state index in [0.717, 1.165) is 0 Å². The molecule has 0 heterocycles. The van der Waals surface area contributed by atoms with Crippen LogP contribution in [0.15, 0.2) is 24.3 Å². The van der Waals surface area contributed by atoms with E-state index in [0.29, 0.717) is 6.54 Å². The Morgan fingerprint density at radius 3 is 2.55 bits per heavy atom. The van der Waals surface area contributed by atoms with Gasteiger partial charge in [-0.2, -0.15) is 8.78 Å². The predicted octanol–water partition coefficient (Wildman–Crippen LogP) is 2.18. The fourth-order valence-corrected chi connectivity index (χ4v) is 1.50. The maximum atomic E-state index is 12.2. The number of hydrogen-bond acceptors (Lipinski definition) is 4. The molecule has 0 saturated carbocycles. The number of nitrogens with one attached hydrogen (secondary N) is 3. The number of anilines is 1. The molecule has 1 aromatic rings. The minimum absolute atomic E-state index is 0.0745. The maximum Gasteiger partial charge on any atom is 0.387 e. The van der Waals surface area contributed by atoms with Crippen molar-refractivity contribution >= 4 is 17.6 Å². The topological polar surface area (TPSA) is 79.5 Å². The Labute approximate surface area is 127 Å². The Balaban J connectivity index is 2.45. The molecule has 0 aliphatic rings. The van der Waals surface area contributed by atoms with Crippen LogP contribution in [-0.2, 0) is 4.79 Å². The van der Waals surface area contributed by atoms with Gasteiger partial charge in [-0.1, -0.05) is 26.0 Å². The lowest BCUT2D eigenvalue weighted by atomic mass is 10.2. The Bertz CT molecular complexity index is 510. The van der Waals surface area contributed by atoms with Crippen molar-refractivity contribution in [2.45, 2.75) is 20.5 Å². The number of hydrogen-bond donors (Lipinski definition) is 3. The van der Waals surface area contributed by atoms with E-state index in [1.165, 1.54) is 18.2 Å². The molecule has 0 aliphatic heterocycles. The number of ether oxygens (including phenoxy) is 1. The first-order valence-electron chi connectivity index (χ1n) is 6.74. The zero-order chi connectivity index (χ0) is 16.5. The highest BCUT2D eigenvalue weighted by atomic mass is 19.3. The Morgan fingerprint density at radius 1 is 1.23 bits per heavy atom. The van der Waals surface area contributed by atoms with E-state index in [1.54, 1.807) is 6.07 Å². The van der Waals surface area contributed by atoms with Crippen molar-refractivity contribution < 1.29 is 23.1 Å². The van der Waals surface area contributed by atoms with Gasteiger partial charge >= 0.3 is 12.6 Å². The van der Waals surface area contributed by atoms with Gasteiger partial charge in [0.05, 0.1) is 12.2 Å². The highest BCUT2D eigenvalue weighted by Gasteiger charge is 2.11. The van der Waals surface area contributed by atoms with Crippen LogP contribution in [-0.4, -0.2) is 31.6 Å². The quantitative estimate of drug-likeness (QED) is 0.720. The summed E-state index contributed by atoms with van der Waals surface area (Å²) in [5.41, 5.74) is 0.237. The summed E-state index contributed by atoms with van der Waals surface area (Å²) in [4.78, 5) is 23.0. The number of para-hydroxylation sites is 2. The molecule has 3 amide bonds. The lowest BCUT2D eigenvalue weighted by molar-refractivity contribution is -0.118. The van der Waals surface area contributed by atoms with Crippen LogP contribution in [0.3, 0.4) is 0 Å². The van der Waals surface area contributed by atoms with Gasteiger partial charge in [0.15, 0.2) is 0 Å². The second kappa shape index (κ2) is 8.81. The van der Waals surface area contributed by atoms with E-state index in [2.05, 4.69) is 20.7 Å². The Hall–Kier alpha value is -2.38. The summed E-state index contributed by atoms with van der Waals surface area (Å²) in [6, 6.07) is 5.37. The van der Waals surface area contributed by atoms with E-state index >= 15 is 0 Å². The molecule has 0 fully saturated rings. The van der Waals surface area contributed by atoms with Crippen molar-refractivity contribution in [1.82, 2.24) is 10.6 Å². The third-order valence-corrected chi connectivity index (χ3v) is 2.47. The fraction of sp³-hybridized carbons (Fsp3) is 0.429. The van der Waals surface area contributed by atoms with Gasteiger partial charge in [-0.25, -0.2) is 4.79 Å². The van der Waals surface area contributed by atoms with E-state index in [1.807, 2.05) is 13.8 Å². The van der Waals surface area contributed by atoms with Crippen molar-refractivity contribution in [3.05, 3.63) is 24.3 Å². The molecule has 0 aromatic heterocycles. The molecular formula is C14H19F2N3O3. The van der Waals surface area contributed by atoms with Gasteiger partial charge in [-0.15, -0.1) is 0 Å². The van der Waals surface area contributed by atoms with Crippen LogP contribution in [0.1, 0.15) is 13.8 Å². The number of rotatable bonds is 7. The van der Waals surface area contributed by atoms with Gasteiger partial charge in [-0.05, 0) is 18.1 Å². The highest BCUT2D eigenvalue weighted by Crippen LogP contribution is 2.24. The van der Waals surface area contributed by atoms with E-state index in [9.17, 15) is 18.4 Å². The average Bonchev–Trinajstić information content (AvgIpc) is 2.43. The normalized spacial score (nSPS) is 10.5. The van der Waals surface area contributed by atoms with Gasteiger partial charge in [-0.3, -0.25) is 10.1 Å². The van der Waals surface area contributed by atoms with Gasteiger partial charge in [0, 0.05) is 6.54 Å². The molecule has 0 bridgehead atoms. The molecule has 6 nitrogen and oxygen atoms in total. The number of amides is 3. The van der Waals surface area contributed by atoms with Crippen LogP contribution >= 0.6 is 0 Å². The molecule has 0 saturated heterocycles. The first-order valence-corrected chi connectivity index (χ1v) is 6.74. The first-order chi connectivity index (χ1) is 10.4. The van der Waals surface area contributed by atoms with Crippen molar-refractivity contribution in [2.24, 2.45) is 5.92 Å². The summed E-state index contributed by atoms with van der Waals surface area (Å²) in [7, 11) is 0. The molecule has 1 aromatic carbocycles. The molecule has 0 aliphatic carbocycles. The summed E-state index contributed by atoms with van der Waals surface area (Å²) in [5, 5.41) is 7.29. The number of carbonyl (C=O) groups is 2. The molecule has 22 heavy (non-hydrogen) atoms. The highest BCUT2D eigenvalue weighted by molar-refractivity contribution is 5.96. The predicted molar refractivity (Wildman–Crippen MR) is 77.9 cm³/mol. The summed E-state index contributed by atoms with van der Waals surface area (Å²) in [6.07, 6.45) is 0. The molecule has 3 N–H and O–H groups in total. The van der Waals surface area contributed by atoms with E-state index < -0.39 is 18.5 Å². The van der Waals surface area contributed by atoms with Gasteiger partial charge in [0.25, 0.3) is 0 Å². The van der Waals surface area contributed by atoms with Crippen LogP contribution in [0, 0.1) is 5.92 Å². The number of halogens is 2. The van der Waals surface area contributed by atoms with Crippen LogP contribution < -0.4 is 20.7 Å². The Morgan fingerprint density at radius 2 is 1.91 bits per heavy atom. The number of urea groups is 1. The lowest BCUT2D eigenvalue weighted by Crippen LogP contribution is -2.43. The van der Waals surface area contributed by atoms with E-state index in [-0.39, 0.29) is 23.9 Å². The second-order valence-electron chi connectivity index (χ2n) is 4.88. The number of alkyl halides is 2. The van der Waals surface area contributed by atoms with Crippen molar-refractivity contribution in [3.8, 4) is 5.75 Å². The molecule has 0 atom stereocenters. The van der Waals surface area contributed by atoms with Gasteiger partial charge < -0.3 is 15.4 Å². The summed E-state index contributed by atoms with van der Waals surface area (Å²) in [6.45, 7) is 1.07. The fourth-order valence-electron chi connectivity index (χ4n) is 1.50. The molecule has 0 spiro atoms. The molecular weight excluding hydrogens is 296 g/mol. The van der Waals surface area contributed by atoms with Gasteiger partial charge in [0.1, 0.15) is 5.75 Å². The second-order valence-corrected chi connectivity index (χ2v) is 4.88. The summed E-state index contributed by atoms with van der Waals surface area (Å²) in [5.74, 6) is -0.403. The zero-order valence-corrected chi connectivity index (χ0v) is 12.4. The number of imide groups is 1. The first kappa shape index (κ1) is 17.7. The smallest absolute Gasteiger partial charge is 0.387 e. The Kier molecular flexibility index (Phi) is 7.07. The van der Waals surface area contributed by atoms with Crippen LogP contribution in [0.25, 0.3) is 0 Å². The summed E-state index contributed by atoms with van der Waals surface area (Å²) < 4.78 is 28.8. The number of carbonyl (C=O) groups excluding carboxylic acids is 2. The third kappa shape index (κ3) is 6.87. The van der Waals surface area contributed by atoms with Crippen LogP contribution in [0.2, 0.25) is 0 Å². The van der Waals surface area contributed by atoms with Gasteiger partial charge in [0.2, 0.25) is 5.91 Å². The lowest BCUT2D eigenvalue weighted by Gasteiger charge is -2.12. The minimum atomic E-state index is -2.96. The van der Waals surface area contributed by atoms with Crippen molar-refractivity contribution in [1.29, 1.82) is 0 Å². The average molecular weight is 315 g/mol. The number of benzene rings is 1. The molecule has 1 rings (SSSR count).